The van der Waals surface area contributed by atoms with Crippen LogP contribution in [0.5, 0.6) is 0 Å². The smallest absolute Gasteiger partial charge is 0.409 e. The van der Waals surface area contributed by atoms with Gasteiger partial charge in [-0.15, -0.1) is 0 Å². The zero-order valence-electron chi connectivity index (χ0n) is 28.0. The third-order valence-electron chi connectivity index (χ3n) is 8.28. The molecule has 3 N–H and O–H groups in total. The average Bonchev–Trinajstić information content (AvgIpc) is 3.12. The fourth-order valence-corrected chi connectivity index (χ4v) is 6.63. The minimum Gasteiger partial charge on any atom is -0.450 e. The van der Waals surface area contributed by atoms with Crippen LogP contribution in [0.25, 0.3) is 0 Å². The summed E-state index contributed by atoms with van der Waals surface area (Å²) in [6, 6.07) is 13.6. The molecule has 3 aliphatic heterocycles. The van der Waals surface area contributed by atoms with Crippen molar-refractivity contribution in [3.05, 3.63) is 82.1 Å². The number of piperidine rings is 1. The number of ether oxygens (including phenoxy) is 1. The molecular weight excluding hydrogens is 735 g/mol. The molecule has 0 aliphatic carbocycles. The van der Waals surface area contributed by atoms with Crippen molar-refractivity contribution < 1.29 is 27.5 Å². The number of benzene rings is 2. The molecule has 0 bridgehead atoms. The predicted octanol–water partition coefficient (Wildman–Crippen LogP) is 5.80. The molecule has 5 heterocycles. The quantitative estimate of drug-likeness (QED) is 0.201. The van der Waals surface area contributed by atoms with Gasteiger partial charge in [-0.1, -0.05) is 47.5 Å². The van der Waals surface area contributed by atoms with Crippen LogP contribution in [0.15, 0.2) is 66.1 Å². The zero-order chi connectivity index (χ0) is 37.0. The predicted molar refractivity (Wildman–Crippen MR) is 196 cm³/mol. The maximum atomic E-state index is 12.6. The molecule has 1 saturated heterocycles. The van der Waals surface area contributed by atoms with E-state index in [1.165, 1.54) is 11.1 Å². The molecular formula is C33H34Cl2N10O6S. The lowest BCUT2D eigenvalue weighted by Crippen LogP contribution is -2.43. The summed E-state index contributed by atoms with van der Waals surface area (Å²) in [7, 11) is -3.53. The highest BCUT2D eigenvalue weighted by molar-refractivity contribution is 7.90. The first-order chi connectivity index (χ1) is 24.9. The highest BCUT2D eigenvalue weighted by Gasteiger charge is 2.30. The molecule has 0 spiro atoms. The Morgan fingerprint density at radius 2 is 1.38 bits per heavy atom. The Hall–Kier alpha value is -5.26. The molecule has 7 rings (SSSR count). The van der Waals surface area contributed by atoms with E-state index >= 15 is 0 Å². The first kappa shape index (κ1) is 36.5. The van der Waals surface area contributed by atoms with Crippen molar-refractivity contribution in [2.24, 2.45) is 0 Å². The van der Waals surface area contributed by atoms with Gasteiger partial charge in [0, 0.05) is 48.9 Å². The van der Waals surface area contributed by atoms with Crippen LogP contribution in [0.4, 0.5) is 43.3 Å². The number of carbonyl (C=O) groups excluding carboxylic acids is 3. The molecule has 52 heavy (non-hydrogen) atoms. The van der Waals surface area contributed by atoms with E-state index in [9.17, 15) is 22.8 Å². The second-order valence-electron chi connectivity index (χ2n) is 11.9. The zero-order valence-corrected chi connectivity index (χ0v) is 30.4. The van der Waals surface area contributed by atoms with E-state index in [1.807, 2.05) is 12.1 Å². The van der Waals surface area contributed by atoms with Crippen LogP contribution in [-0.4, -0.2) is 83.4 Å². The second-order valence-corrected chi connectivity index (χ2v) is 14.6. The molecule has 2 aromatic carbocycles. The number of amides is 5. The topological polar surface area (TPSA) is 192 Å². The number of carbonyl (C=O) groups is 3. The van der Waals surface area contributed by atoms with Crippen molar-refractivity contribution in [1.82, 2.24) is 24.8 Å². The van der Waals surface area contributed by atoms with Crippen LogP contribution in [0, 0.1) is 0 Å². The molecule has 0 unspecified atom stereocenters. The molecule has 5 amide bonds. The SMILES string of the molecule is CCOC(=O)N1CCC(Nc2ncc3c(n2)NC(=O)N(c2ccccc2Cl)C3)CC1.CS(=O)(=O)c1ncc2c(n1)NC(=O)N(c1ccccc1Cl)C2. The highest BCUT2D eigenvalue weighted by atomic mass is 35.5. The van der Waals surface area contributed by atoms with Gasteiger partial charge in [0.25, 0.3) is 0 Å². The molecule has 2 aromatic heterocycles. The molecule has 1 fully saturated rings. The molecule has 16 nitrogen and oxygen atoms in total. The van der Waals surface area contributed by atoms with E-state index in [0.717, 1.165) is 24.7 Å². The second kappa shape index (κ2) is 15.5. The van der Waals surface area contributed by atoms with Gasteiger partial charge in [-0.25, -0.2) is 37.8 Å². The number of aromatic nitrogens is 4. The number of nitrogens with zero attached hydrogens (tertiary/aromatic N) is 7. The van der Waals surface area contributed by atoms with Crippen LogP contribution in [-0.2, 0) is 27.7 Å². The van der Waals surface area contributed by atoms with Gasteiger partial charge in [-0.3, -0.25) is 20.4 Å². The van der Waals surface area contributed by atoms with Crippen LogP contribution < -0.4 is 25.8 Å². The van der Waals surface area contributed by atoms with E-state index in [1.54, 1.807) is 59.3 Å². The van der Waals surface area contributed by atoms with Crippen LogP contribution in [0.1, 0.15) is 30.9 Å². The van der Waals surface area contributed by atoms with Gasteiger partial charge in [0.1, 0.15) is 11.6 Å². The van der Waals surface area contributed by atoms with Crippen molar-refractivity contribution >= 4 is 80.2 Å². The minimum absolute atomic E-state index is 0.146. The highest BCUT2D eigenvalue weighted by Crippen LogP contribution is 2.33. The summed E-state index contributed by atoms with van der Waals surface area (Å²) in [5, 5.41) is 9.30. The summed E-state index contributed by atoms with van der Waals surface area (Å²) in [6.45, 7) is 3.94. The summed E-state index contributed by atoms with van der Waals surface area (Å²) in [6.07, 6.45) is 5.38. The van der Waals surface area contributed by atoms with E-state index in [4.69, 9.17) is 27.9 Å². The lowest BCUT2D eigenvalue weighted by Gasteiger charge is -2.32. The maximum Gasteiger partial charge on any atom is 0.409 e. The number of halogens is 2. The molecule has 0 saturated carbocycles. The molecule has 0 atom stereocenters. The minimum atomic E-state index is -3.53. The van der Waals surface area contributed by atoms with Gasteiger partial charge in [-0.05, 0) is 44.0 Å². The molecule has 19 heteroatoms. The van der Waals surface area contributed by atoms with Crippen LogP contribution in [0.2, 0.25) is 10.0 Å². The van der Waals surface area contributed by atoms with Crippen LogP contribution >= 0.6 is 23.2 Å². The van der Waals surface area contributed by atoms with Crippen molar-refractivity contribution in [3.8, 4) is 0 Å². The Morgan fingerprint density at radius 1 is 0.865 bits per heavy atom. The number of urea groups is 2. The largest absolute Gasteiger partial charge is 0.450 e. The standard InChI is InChI=1S/C20H23ClN6O3.C13H11ClN4O3S/c1-2-30-20(29)26-9-7-14(8-10-26)23-18-22-11-13-12-27(19(28)25-17(13)24-18)16-6-4-3-5-15(16)21;1-22(20,21)12-15-6-8-7-18(13(19)17-11(8)16-12)10-5-3-2-4-9(10)14/h3-6,11,14H,2,7-10,12H2,1H3,(H2,22,23,24,25,28);2-6H,7H2,1H3,(H,15,16,17,19). The van der Waals surface area contributed by atoms with Gasteiger partial charge >= 0.3 is 18.2 Å². The number of hydrogen-bond donors (Lipinski definition) is 3. The summed E-state index contributed by atoms with van der Waals surface area (Å²) in [5.41, 5.74) is 2.60. The van der Waals surface area contributed by atoms with E-state index in [-0.39, 0.29) is 35.7 Å². The van der Waals surface area contributed by atoms with E-state index in [0.29, 0.717) is 65.0 Å². The van der Waals surface area contributed by atoms with Gasteiger partial charge in [0.2, 0.25) is 20.9 Å². The number of hydrogen-bond acceptors (Lipinski definition) is 11. The normalized spacial score (nSPS) is 15.7. The van der Waals surface area contributed by atoms with E-state index in [2.05, 4.69) is 35.9 Å². The Kier molecular flexibility index (Phi) is 10.9. The van der Waals surface area contributed by atoms with E-state index < -0.39 is 15.9 Å². The monoisotopic (exact) mass is 768 g/mol. The van der Waals surface area contributed by atoms with Crippen LogP contribution in [0.3, 0.4) is 0 Å². The number of anilines is 5. The Labute approximate surface area is 309 Å². The Morgan fingerprint density at radius 3 is 1.90 bits per heavy atom. The van der Waals surface area contributed by atoms with Crippen molar-refractivity contribution in [2.45, 2.75) is 44.1 Å². The lowest BCUT2D eigenvalue weighted by atomic mass is 10.1. The number of para-hydroxylation sites is 2. The number of fused-ring (bicyclic) bond motifs is 2. The fourth-order valence-electron chi connectivity index (χ4n) is 5.65. The average molecular weight is 770 g/mol. The van der Waals surface area contributed by atoms with Gasteiger partial charge < -0.3 is 15.0 Å². The molecule has 4 aromatic rings. The third kappa shape index (κ3) is 8.27. The van der Waals surface area contributed by atoms with Crippen molar-refractivity contribution in [3.63, 3.8) is 0 Å². The summed E-state index contributed by atoms with van der Waals surface area (Å²) in [5.74, 6) is 1.14. The fraction of sp³-hybridized carbons (Fsp3) is 0.303. The van der Waals surface area contributed by atoms with Gasteiger partial charge in [0.15, 0.2) is 0 Å². The first-order valence-corrected chi connectivity index (χ1v) is 18.8. The summed E-state index contributed by atoms with van der Waals surface area (Å²) >= 11 is 12.3. The Balaban J connectivity index is 0.000000187. The summed E-state index contributed by atoms with van der Waals surface area (Å²) in [4.78, 5) is 57.9. The molecule has 3 aliphatic rings. The Bertz CT molecular complexity index is 2120. The number of sulfone groups is 1. The third-order valence-corrected chi connectivity index (χ3v) is 9.78. The molecule has 272 valence electrons. The van der Waals surface area contributed by atoms with Crippen molar-refractivity contribution in [2.75, 3.05) is 51.7 Å². The van der Waals surface area contributed by atoms with Crippen molar-refractivity contribution in [1.29, 1.82) is 0 Å². The molecule has 0 radical (unpaired) electrons. The number of nitrogens with one attached hydrogen (secondary N) is 3. The van der Waals surface area contributed by atoms with Gasteiger partial charge in [0.05, 0.1) is 41.1 Å². The summed E-state index contributed by atoms with van der Waals surface area (Å²) < 4.78 is 28.0. The number of rotatable bonds is 6. The van der Waals surface area contributed by atoms with Gasteiger partial charge in [-0.2, -0.15) is 4.98 Å². The lowest BCUT2D eigenvalue weighted by molar-refractivity contribution is 0.0983. The first-order valence-electron chi connectivity index (χ1n) is 16.2. The maximum absolute atomic E-state index is 12.6. The number of likely N-dealkylation sites (tertiary alicyclic amines) is 1.